The summed E-state index contributed by atoms with van der Waals surface area (Å²) in [5.41, 5.74) is 0. The van der Waals surface area contributed by atoms with Gasteiger partial charge in [-0.3, -0.25) is 33.7 Å². The molecule has 0 aliphatic carbocycles. The van der Waals surface area contributed by atoms with Crippen LogP contribution in [0.2, 0.25) is 0 Å². The quantitative estimate of drug-likeness (QED) is 0.0689. The van der Waals surface area contributed by atoms with Crippen LogP contribution in [0, 0.1) is 5.92 Å². The van der Waals surface area contributed by atoms with E-state index >= 15 is 0 Å². The highest BCUT2D eigenvalue weighted by Gasteiger charge is 2.63. The second-order valence-corrected chi connectivity index (χ2v) is 9.44. The molecule has 0 saturated carbocycles. The lowest BCUT2D eigenvalue weighted by molar-refractivity contribution is -0.466. The molecule has 0 aromatic carbocycles. The van der Waals surface area contributed by atoms with Crippen molar-refractivity contribution in [3.63, 3.8) is 0 Å². The maximum absolute atomic E-state index is 13.3. The second-order valence-electron chi connectivity index (χ2n) is 9.44. The Morgan fingerprint density at radius 1 is 0.723 bits per heavy atom. The van der Waals surface area contributed by atoms with Crippen LogP contribution in [0.25, 0.3) is 0 Å². The van der Waals surface area contributed by atoms with Gasteiger partial charge in [0.2, 0.25) is 23.6 Å². The molecule has 21 nitrogen and oxygen atoms in total. The lowest BCUT2D eigenvalue weighted by Gasteiger charge is -2.47. The van der Waals surface area contributed by atoms with Crippen molar-refractivity contribution in [2.24, 2.45) is 5.92 Å². The van der Waals surface area contributed by atoms with Gasteiger partial charge in [-0.2, -0.15) is 0 Å². The van der Waals surface area contributed by atoms with Gasteiger partial charge < -0.3 is 45.0 Å². The number of methoxy groups -OCH3 is 1. The summed E-state index contributed by atoms with van der Waals surface area (Å²) in [6.45, 7) is 8.33. The largest absolute Gasteiger partial charge is 0.536 e. The number of nitrogens with one attached hydrogen (secondary N) is 4. The average Bonchev–Trinajstić information content (AvgIpc) is 2.98. The Labute approximate surface area is 270 Å². The van der Waals surface area contributed by atoms with E-state index in [0.717, 1.165) is 14.0 Å². The molecule has 0 bridgehead atoms. The molecule has 4 N–H and O–H groups in total. The predicted octanol–water partition coefficient (Wildman–Crippen LogP) is 1.41. The van der Waals surface area contributed by atoms with Gasteiger partial charge in [0.15, 0.2) is 0 Å². The standard InChI is InChI=1S/C26H43N5O16/c1-9-13-19(34)29-26(28-18(33)11-3,30-20(35)16(5)6)25(15-27-17(7)32,43-21(36)40-8)44-24(39)47-31(45-22(37)41-12-4)46-23(38)42-14-10-2/h16H,9-15H2,1-8H3,(H,27,32)(H,28,33)(H,29,34)(H,30,35). The molecule has 47 heavy (non-hydrogen) atoms. The molecular formula is C26H43N5O16. The third kappa shape index (κ3) is 14.7. The highest BCUT2D eigenvalue weighted by molar-refractivity contribution is 5.85. The van der Waals surface area contributed by atoms with Crippen LogP contribution in [-0.4, -0.2) is 92.1 Å². The zero-order valence-corrected chi connectivity index (χ0v) is 27.5. The minimum atomic E-state index is -3.22. The van der Waals surface area contributed by atoms with Crippen LogP contribution in [0.5, 0.6) is 0 Å². The Kier molecular flexibility index (Phi) is 18.6. The van der Waals surface area contributed by atoms with Crippen molar-refractivity contribution in [2.75, 3.05) is 26.9 Å². The Morgan fingerprint density at radius 2 is 1.28 bits per heavy atom. The molecule has 0 aliphatic heterocycles. The van der Waals surface area contributed by atoms with Gasteiger partial charge in [-0.05, 0) is 19.8 Å². The monoisotopic (exact) mass is 681 g/mol. The topological polar surface area (TPSA) is 262 Å². The lowest BCUT2D eigenvalue weighted by atomic mass is 10.0. The fourth-order valence-electron chi connectivity index (χ4n) is 3.05. The SMILES string of the molecule is CCCOC(=O)ON(OC(=O)OCC)OC(=O)OC(CNC(C)=O)(OC(=O)OC)C(NC(=O)CC)(NC(=O)CCC)NC(=O)C(C)C. The van der Waals surface area contributed by atoms with Crippen LogP contribution in [0.15, 0.2) is 0 Å². The van der Waals surface area contributed by atoms with E-state index in [-0.39, 0.29) is 32.5 Å². The van der Waals surface area contributed by atoms with Crippen molar-refractivity contribution < 1.29 is 76.6 Å². The molecule has 0 spiro atoms. The molecule has 2 atom stereocenters. The van der Waals surface area contributed by atoms with Crippen molar-refractivity contribution in [1.82, 2.24) is 26.7 Å². The first-order valence-electron chi connectivity index (χ1n) is 14.4. The van der Waals surface area contributed by atoms with Crippen LogP contribution in [0.1, 0.15) is 74.1 Å². The number of hydrogen-bond acceptors (Lipinski definition) is 17. The average molecular weight is 682 g/mol. The Balaban J connectivity index is 7.41. The molecule has 0 saturated heterocycles. The van der Waals surface area contributed by atoms with E-state index in [1.54, 1.807) is 13.8 Å². The van der Waals surface area contributed by atoms with Crippen molar-refractivity contribution >= 4 is 48.3 Å². The first kappa shape index (κ1) is 41.9. The van der Waals surface area contributed by atoms with Crippen molar-refractivity contribution in [1.29, 1.82) is 0 Å². The summed E-state index contributed by atoms with van der Waals surface area (Å²) >= 11 is 0. The van der Waals surface area contributed by atoms with Crippen molar-refractivity contribution in [3.05, 3.63) is 0 Å². The molecule has 4 amide bonds. The first-order valence-corrected chi connectivity index (χ1v) is 14.4. The third-order valence-electron chi connectivity index (χ3n) is 5.23. The van der Waals surface area contributed by atoms with Crippen LogP contribution < -0.4 is 21.3 Å². The summed E-state index contributed by atoms with van der Waals surface area (Å²) in [6, 6.07) is 0. The number of hydrogen-bond donors (Lipinski definition) is 4. The molecule has 0 heterocycles. The second kappa shape index (κ2) is 20.9. The first-order chi connectivity index (χ1) is 22.0. The summed E-state index contributed by atoms with van der Waals surface area (Å²) in [5.74, 6) is -10.6. The van der Waals surface area contributed by atoms with Crippen LogP contribution >= 0.6 is 0 Å². The minimum Gasteiger partial charge on any atom is -0.438 e. The van der Waals surface area contributed by atoms with E-state index < -0.39 is 77.7 Å². The van der Waals surface area contributed by atoms with Gasteiger partial charge in [0.05, 0.1) is 20.3 Å². The fraction of sp³-hybridized carbons (Fsp3) is 0.692. The molecule has 0 aromatic rings. The van der Waals surface area contributed by atoms with Crippen LogP contribution in [-0.2, 0) is 57.4 Å². The molecule has 0 aromatic heterocycles. The molecule has 0 fully saturated rings. The molecule has 268 valence electrons. The van der Waals surface area contributed by atoms with Gasteiger partial charge in [0, 0.05) is 25.7 Å². The van der Waals surface area contributed by atoms with Gasteiger partial charge in [-0.15, -0.1) is 0 Å². The van der Waals surface area contributed by atoms with Crippen molar-refractivity contribution in [2.45, 2.75) is 85.7 Å². The van der Waals surface area contributed by atoms with Gasteiger partial charge in [-0.1, -0.05) is 34.6 Å². The fourth-order valence-corrected chi connectivity index (χ4v) is 3.05. The summed E-state index contributed by atoms with van der Waals surface area (Å²) in [6.07, 6.45) is -6.78. The van der Waals surface area contributed by atoms with Crippen LogP contribution in [0.3, 0.4) is 0 Å². The summed E-state index contributed by atoms with van der Waals surface area (Å²) in [5, 5.41) is 8.57. The van der Waals surface area contributed by atoms with Gasteiger partial charge in [-0.25, -0.2) is 19.2 Å². The van der Waals surface area contributed by atoms with Crippen molar-refractivity contribution in [3.8, 4) is 0 Å². The molecule has 0 rings (SSSR count). The zero-order valence-electron chi connectivity index (χ0n) is 27.5. The highest BCUT2D eigenvalue weighted by Crippen LogP contribution is 2.28. The number of carbonyl (C=O) groups excluding carboxylic acids is 8. The van der Waals surface area contributed by atoms with E-state index in [1.807, 2.05) is 0 Å². The molecule has 2 unspecified atom stereocenters. The van der Waals surface area contributed by atoms with E-state index in [1.165, 1.54) is 27.7 Å². The normalized spacial score (nSPS) is 13.0. The number of rotatable bonds is 18. The minimum absolute atomic E-state index is 0.171. The van der Waals surface area contributed by atoms with Gasteiger partial charge >= 0.3 is 30.4 Å². The summed E-state index contributed by atoms with van der Waals surface area (Å²) in [7, 11) is 0.836. The zero-order chi connectivity index (χ0) is 36.2. The summed E-state index contributed by atoms with van der Waals surface area (Å²) < 4.78 is 24.4. The Bertz CT molecular complexity index is 1120. The molecule has 0 radical (unpaired) electrons. The van der Waals surface area contributed by atoms with Gasteiger partial charge in [0.1, 0.15) is 6.54 Å². The Hall–Kier alpha value is -5.08. The Morgan fingerprint density at radius 3 is 1.77 bits per heavy atom. The number of nitrogens with zero attached hydrogens (tertiary/aromatic N) is 1. The maximum atomic E-state index is 13.3. The molecular weight excluding hydrogens is 638 g/mol. The highest BCUT2D eigenvalue weighted by atomic mass is 17.2. The number of carbonyl (C=O) groups is 8. The van der Waals surface area contributed by atoms with E-state index in [2.05, 4.69) is 50.0 Å². The summed E-state index contributed by atoms with van der Waals surface area (Å²) in [4.78, 5) is 115. The van der Waals surface area contributed by atoms with E-state index in [0.29, 0.717) is 6.42 Å². The maximum Gasteiger partial charge on any atom is 0.536 e. The van der Waals surface area contributed by atoms with Crippen LogP contribution in [0.4, 0.5) is 19.2 Å². The number of ether oxygens (including phenoxy) is 5. The molecule has 21 heteroatoms. The molecule has 0 aliphatic rings. The smallest absolute Gasteiger partial charge is 0.438 e. The van der Waals surface area contributed by atoms with E-state index in [4.69, 9.17) is 9.47 Å². The van der Waals surface area contributed by atoms with Gasteiger partial charge in [0.25, 0.3) is 11.2 Å². The third-order valence-corrected chi connectivity index (χ3v) is 5.23. The number of amides is 4. The van der Waals surface area contributed by atoms with E-state index in [9.17, 15) is 38.4 Å². The predicted molar refractivity (Wildman–Crippen MR) is 152 cm³/mol. The lowest BCUT2D eigenvalue weighted by Crippen LogP contribution is -2.84.